The van der Waals surface area contributed by atoms with Gasteiger partial charge in [-0.2, -0.15) is 0 Å². The number of benzene rings is 1. The summed E-state index contributed by atoms with van der Waals surface area (Å²) in [6.07, 6.45) is 2.12. The van der Waals surface area contributed by atoms with E-state index in [1.165, 1.54) is 12.1 Å². The predicted molar refractivity (Wildman–Crippen MR) is 74.1 cm³/mol. The number of esters is 2. The molecule has 0 fully saturated rings. The van der Waals surface area contributed by atoms with Crippen molar-refractivity contribution in [2.45, 2.75) is 12.8 Å². The first-order valence-corrected chi connectivity index (χ1v) is 5.99. The molecule has 0 spiro atoms. The van der Waals surface area contributed by atoms with Gasteiger partial charge in [0.1, 0.15) is 0 Å². The lowest BCUT2D eigenvalue weighted by Crippen LogP contribution is -2.09. The van der Waals surface area contributed by atoms with Gasteiger partial charge in [-0.15, -0.1) is 0 Å². The van der Waals surface area contributed by atoms with Crippen molar-refractivity contribution < 1.29 is 29.0 Å². The maximum Gasteiger partial charge on any atom is 0.335 e. The van der Waals surface area contributed by atoms with Crippen LogP contribution < -0.4 is 9.47 Å². The number of rotatable bonds is 7. The number of carboxylic acid groups (broad SMARTS) is 1. The molecule has 0 radical (unpaired) electrons. The van der Waals surface area contributed by atoms with Gasteiger partial charge in [0.25, 0.3) is 0 Å². The molecule has 0 aliphatic rings. The molecule has 0 unspecified atom stereocenters. The third-order valence-corrected chi connectivity index (χ3v) is 2.39. The Morgan fingerprint density at radius 1 is 1.05 bits per heavy atom. The molecular weight excluding hydrogens is 276 g/mol. The van der Waals surface area contributed by atoms with E-state index < -0.39 is 17.9 Å². The molecule has 1 aromatic carbocycles. The van der Waals surface area contributed by atoms with E-state index in [4.69, 9.17) is 14.6 Å². The zero-order valence-electron chi connectivity index (χ0n) is 11.2. The molecule has 0 saturated heterocycles. The summed E-state index contributed by atoms with van der Waals surface area (Å²) >= 11 is 0. The fourth-order valence-electron chi connectivity index (χ4n) is 1.42. The van der Waals surface area contributed by atoms with Crippen LogP contribution in [0.4, 0.5) is 0 Å². The van der Waals surface area contributed by atoms with Crippen molar-refractivity contribution in [3.05, 3.63) is 49.1 Å². The van der Waals surface area contributed by atoms with Crippen LogP contribution in [0.15, 0.2) is 43.5 Å². The van der Waals surface area contributed by atoms with Crippen molar-refractivity contribution in [2.75, 3.05) is 0 Å². The van der Waals surface area contributed by atoms with Crippen LogP contribution in [0.3, 0.4) is 0 Å². The Kier molecular flexibility index (Phi) is 5.88. The summed E-state index contributed by atoms with van der Waals surface area (Å²) in [4.78, 5) is 33.0. The summed E-state index contributed by atoms with van der Waals surface area (Å²) in [5.41, 5.74) is 0.627. The third kappa shape index (κ3) is 5.32. The van der Waals surface area contributed by atoms with Crippen molar-refractivity contribution in [2.24, 2.45) is 0 Å². The molecule has 1 aromatic rings. The minimum absolute atomic E-state index is 0.0120. The Labute approximate surface area is 121 Å². The van der Waals surface area contributed by atoms with Crippen molar-refractivity contribution >= 4 is 17.9 Å². The average Bonchev–Trinajstić information content (AvgIpc) is 2.46. The highest BCUT2D eigenvalue weighted by atomic mass is 16.6. The van der Waals surface area contributed by atoms with Gasteiger partial charge in [-0.3, -0.25) is 4.79 Å². The lowest BCUT2D eigenvalue weighted by molar-refractivity contribution is -0.137. The van der Waals surface area contributed by atoms with Crippen molar-refractivity contribution in [1.82, 2.24) is 0 Å². The molecule has 0 saturated carbocycles. The number of carboxylic acids is 1. The van der Waals surface area contributed by atoms with Crippen LogP contribution >= 0.6 is 0 Å². The summed E-state index contributed by atoms with van der Waals surface area (Å²) in [5, 5.41) is 8.65. The Bertz CT molecular complexity index is 588. The summed E-state index contributed by atoms with van der Waals surface area (Å²) in [6.45, 7) is 6.54. The molecule has 6 nitrogen and oxygen atoms in total. The zero-order valence-corrected chi connectivity index (χ0v) is 11.2. The number of hydrogen-bond acceptors (Lipinski definition) is 5. The summed E-state index contributed by atoms with van der Waals surface area (Å²) in [7, 11) is 0. The molecule has 0 aliphatic heterocycles. The van der Waals surface area contributed by atoms with Gasteiger partial charge in [-0.05, 0) is 24.1 Å². The van der Waals surface area contributed by atoms with Crippen LogP contribution in [-0.2, 0) is 20.8 Å². The van der Waals surface area contributed by atoms with Gasteiger partial charge >= 0.3 is 17.9 Å². The lowest BCUT2D eigenvalue weighted by atomic mass is 10.1. The van der Waals surface area contributed by atoms with Crippen molar-refractivity contribution in [3.63, 3.8) is 0 Å². The van der Waals surface area contributed by atoms with Gasteiger partial charge in [0.15, 0.2) is 11.5 Å². The number of aryl methyl sites for hydroxylation is 1. The maximum absolute atomic E-state index is 11.3. The van der Waals surface area contributed by atoms with E-state index in [-0.39, 0.29) is 24.3 Å². The molecule has 1 rings (SSSR count). The Morgan fingerprint density at radius 2 is 1.62 bits per heavy atom. The highest BCUT2D eigenvalue weighted by molar-refractivity contribution is 5.86. The average molecular weight is 290 g/mol. The van der Waals surface area contributed by atoms with E-state index >= 15 is 0 Å². The van der Waals surface area contributed by atoms with E-state index in [2.05, 4.69) is 13.2 Å². The minimum Gasteiger partial charge on any atom is -0.481 e. The van der Waals surface area contributed by atoms with Gasteiger partial charge in [0.05, 0.1) is 0 Å². The zero-order chi connectivity index (χ0) is 15.8. The number of hydrogen-bond donors (Lipinski definition) is 1. The minimum atomic E-state index is -0.943. The monoisotopic (exact) mass is 290 g/mol. The first kappa shape index (κ1) is 16.2. The van der Waals surface area contributed by atoms with Crippen LogP contribution in [0, 0.1) is 0 Å². The number of ether oxygens (including phenoxy) is 2. The normalized spacial score (nSPS) is 9.52. The Balaban J connectivity index is 3.03. The van der Waals surface area contributed by atoms with Gasteiger partial charge in [-0.1, -0.05) is 19.2 Å². The second-order valence-electron chi connectivity index (χ2n) is 3.93. The Morgan fingerprint density at radius 3 is 2.14 bits per heavy atom. The van der Waals surface area contributed by atoms with Crippen LogP contribution in [0.2, 0.25) is 0 Å². The number of carbonyl (C=O) groups excluding carboxylic acids is 2. The smallest absolute Gasteiger partial charge is 0.335 e. The second kappa shape index (κ2) is 7.64. The Hall–Kier alpha value is -2.89. The van der Waals surface area contributed by atoms with E-state index in [0.29, 0.717) is 5.56 Å². The molecule has 1 N–H and O–H groups in total. The maximum atomic E-state index is 11.3. The molecule has 21 heavy (non-hydrogen) atoms. The molecule has 0 bridgehead atoms. The second-order valence-corrected chi connectivity index (χ2v) is 3.93. The number of carbonyl (C=O) groups is 3. The highest BCUT2D eigenvalue weighted by Crippen LogP contribution is 2.29. The van der Waals surface area contributed by atoms with E-state index in [1.54, 1.807) is 6.07 Å². The van der Waals surface area contributed by atoms with Gasteiger partial charge < -0.3 is 14.6 Å². The molecular formula is C15H14O6. The molecule has 6 heteroatoms. The topological polar surface area (TPSA) is 89.9 Å². The van der Waals surface area contributed by atoms with Crippen LogP contribution in [0.25, 0.3) is 0 Å². The van der Waals surface area contributed by atoms with Gasteiger partial charge in [0, 0.05) is 18.6 Å². The summed E-state index contributed by atoms with van der Waals surface area (Å²) < 4.78 is 9.91. The van der Waals surface area contributed by atoms with E-state index in [0.717, 1.165) is 12.2 Å². The predicted octanol–water partition coefficient (Wildman–Crippen LogP) is 1.89. The lowest BCUT2D eigenvalue weighted by Gasteiger charge is -2.10. The van der Waals surface area contributed by atoms with Crippen LogP contribution in [-0.4, -0.2) is 23.0 Å². The van der Waals surface area contributed by atoms with E-state index in [9.17, 15) is 14.4 Å². The molecule has 110 valence electrons. The van der Waals surface area contributed by atoms with Crippen LogP contribution in [0.5, 0.6) is 11.5 Å². The quantitative estimate of drug-likeness (QED) is 0.468. The first-order chi connectivity index (χ1) is 9.96. The molecule has 0 heterocycles. The van der Waals surface area contributed by atoms with Crippen molar-refractivity contribution in [3.8, 4) is 11.5 Å². The molecule has 0 aromatic heterocycles. The largest absolute Gasteiger partial charge is 0.481 e. The summed E-state index contributed by atoms with van der Waals surface area (Å²) in [5.74, 6) is -2.32. The molecule has 0 atom stereocenters. The molecule has 0 aliphatic carbocycles. The van der Waals surface area contributed by atoms with Gasteiger partial charge in [0.2, 0.25) is 0 Å². The standard InChI is InChI=1S/C15H14O6/c1-3-14(18)20-11-7-5-10(6-8-13(16)17)9-12(11)21-15(19)4-2/h3-5,7,9H,1-2,6,8H2,(H,16,17). The molecule has 0 amide bonds. The SMILES string of the molecule is C=CC(=O)Oc1ccc(CCC(=O)O)cc1OC(=O)C=C. The fraction of sp³-hybridized carbons (Fsp3) is 0.133. The fourth-order valence-corrected chi connectivity index (χ4v) is 1.42. The number of aliphatic carboxylic acids is 1. The highest BCUT2D eigenvalue weighted by Gasteiger charge is 2.12. The van der Waals surface area contributed by atoms with Crippen LogP contribution in [0.1, 0.15) is 12.0 Å². The first-order valence-electron chi connectivity index (χ1n) is 5.99. The third-order valence-electron chi connectivity index (χ3n) is 2.39. The van der Waals surface area contributed by atoms with E-state index in [1.807, 2.05) is 0 Å². The summed E-state index contributed by atoms with van der Waals surface area (Å²) in [6, 6.07) is 4.44. The van der Waals surface area contributed by atoms with Crippen molar-refractivity contribution in [1.29, 1.82) is 0 Å². The van der Waals surface area contributed by atoms with Gasteiger partial charge in [-0.25, -0.2) is 9.59 Å².